The second-order valence-corrected chi connectivity index (χ2v) is 10.1. The van der Waals surface area contributed by atoms with Crippen molar-refractivity contribution in [3.05, 3.63) is 22.3 Å². The molecule has 4 rings (SSSR count). The molecule has 4 aliphatic rings. The van der Waals surface area contributed by atoms with Crippen LogP contribution < -0.4 is 5.32 Å². The predicted octanol–water partition coefficient (Wildman–Crippen LogP) is 6.02. The molecule has 0 bridgehead atoms. The Morgan fingerprint density at radius 2 is 1.46 bits per heavy atom. The van der Waals surface area contributed by atoms with E-state index >= 15 is 0 Å². The standard InChI is InChI=1S/C23H37N/c1-15-13-20-18-11-6-5-9-16(18)17-10-7-8-12-19(17)22(20)21(15)14-24-23(2,3)4/h15,20-22,24H,5-14H2,1-4H3. The minimum absolute atomic E-state index is 0.242. The maximum absolute atomic E-state index is 3.86. The summed E-state index contributed by atoms with van der Waals surface area (Å²) in [4.78, 5) is 0. The lowest BCUT2D eigenvalue weighted by Gasteiger charge is -2.42. The van der Waals surface area contributed by atoms with Gasteiger partial charge in [-0.3, -0.25) is 0 Å². The van der Waals surface area contributed by atoms with E-state index < -0.39 is 0 Å². The summed E-state index contributed by atoms with van der Waals surface area (Å²) in [6, 6.07) is 0. The van der Waals surface area contributed by atoms with Crippen LogP contribution in [0.5, 0.6) is 0 Å². The fourth-order valence-corrected chi connectivity index (χ4v) is 6.31. The number of hydrogen-bond acceptors (Lipinski definition) is 1. The molecule has 1 heteroatoms. The molecule has 0 aliphatic heterocycles. The van der Waals surface area contributed by atoms with Crippen LogP contribution in [0.25, 0.3) is 0 Å². The molecule has 1 nitrogen and oxygen atoms in total. The van der Waals surface area contributed by atoms with Crippen molar-refractivity contribution in [2.24, 2.45) is 23.7 Å². The molecule has 1 N–H and O–H groups in total. The van der Waals surface area contributed by atoms with E-state index in [0.717, 1.165) is 23.7 Å². The Labute approximate surface area is 149 Å². The summed E-state index contributed by atoms with van der Waals surface area (Å²) in [6.45, 7) is 10.7. The summed E-state index contributed by atoms with van der Waals surface area (Å²) in [5, 5.41) is 3.86. The summed E-state index contributed by atoms with van der Waals surface area (Å²) in [6.07, 6.45) is 12.8. The molecule has 1 fully saturated rings. The number of allylic oxidation sites excluding steroid dienone is 4. The molecule has 134 valence electrons. The summed E-state index contributed by atoms with van der Waals surface area (Å²) in [5.74, 6) is 3.51. The van der Waals surface area contributed by atoms with Gasteiger partial charge in [-0.2, -0.15) is 0 Å². The maximum atomic E-state index is 3.86. The summed E-state index contributed by atoms with van der Waals surface area (Å²) in [5.41, 5.74) is 7.83. The van der Waals surface area contributed by atoms with Gasteiger partial charge in [-0.05, 0) is 120 Å². The third-order valence-electron chi connectivity index (χ3n) is 7.35. The van der Waals surface area contributed by atoms with Gasteiger partial charge in [-0.25, -0.2) is 0 Å². The smallest absolute Gasteiger partial charge is 0.00966 e. The Morgan fingerprint density at radius 3 is 2.12 bits per heavy atom. The topological polar surface area (TPSA) is 12.0 Å². The van der Waals surface area contributed by atoms with Crippen molar-refractivity contribution in [1.29, 1.82) is 0 Å². The molecule has 4 atom stereocenters. The number of fused-ring (bicyclic) bond motifs is 4. The maximum Gasteiger partial charge on any atom is 0.00966 e. The molecule has 0 amide bonds. The van der Waals surface area contributed by atoms with E-state index in [9.17, 15) is 0 Å². The van der Waals surface area contributed by atoms with Crippen LogP contribution in [0.3, 0.4) is 0 Å². The Hall–Kier alpha value is -0.560. The van der Waals surface area contributed by atoms with Crippen molar-refractivity contribution in [3.8, 4) is 0 Å². The normalized spacial score (nSPS) is 36.5. The van der Waals surface area contributed by atoms with E-state index in [0.29, 0.717) is 0 Å². The molecule has 1 saturated carbocycles. The van der Waals surface area contributed by atoms with Gasteiger partial charge in [0.1, 0.15) is 0 Å². The first-order valence-corrected chi connectivity index (χ1v) is 10.6. The molecule has 0 radical (unpaired) electrons. The first-order chi connectivity index (χ1) is 11.5. The van der Waals surface area contributed by atoms with Gasteiger partial charge in [0, 0.05) is 5.54 Å². The lowest BCUT2D eigenvalue weighted by Crippen LogP contribution is -2.42. The molecular formula is C23H37N. The van der Waals surface area contributed by atoms with Crippen molar-refractivity contribution in [2.75, 3.05) is 6.54 Å². The van der Waals surface area contributed by atoms with Crippen LogP contribution in [0.1, 0.15) is 85.5 Å². The third-order valence-corrected chi connectivity index (χ3v) is 7.35. The molecule has 24 heavy (non-hydrogen) atoms. The zero-order valence-corrected chi connectivity index (χ0v) is 16.4. The average Bonchev–Trinajstić information content (AvgIpc) is 2.89. The van der Waals surface area contributed by atoms with Crippen molar-refractivity contribution < 1.29 is 0 Å². The highest BCUT2D eigenvalue weighted by atomic mass is 14.9. The minimum Gasteiger partial charge on any atom is -0.312 e. The van der Waals surface area contributed by atoms with Gasteiger partial charge >= 0.3 is 0 Å². The van der Waals surface area contributed by atoms with E-state index in [2.05, 4.69) is 33.0 Å². The molecule has 0 aromatic heterocycles. The van der Waals surface area contributed by atoms with Crippen LogP contribution in [0.2, 0.25) is 0 Å². The SMILES string of the molecule is CC1CC2C3=C(CCCC3)C3=C(CCCC3)C2C1CNC(C)(C)C. The van der Waals surface area contributed by atoms with Crippen molar-refractivity contribution in [3.63, 3.8) is 0 Å². The average molecular weight is 328 g/mol. The quantitative estimate of drug-likeness (QED) is 0.654. The number of nitrogens with one attached hydrogen (secondary N) is 1. The minimum atomic E-state index is 0.242. The Morgan fingerprint density at radius 1 is 0.875 bits per heavy atom. The largest absolute Gasteiger partial charge is 0.312 e. The molecule has 0 spiro atoms. The van der Waals surface area contributed by atoms with Gasteiger partial charge < -0.3 is 5.32 Å². The monoisotopic (exact) mass is 327 g/mol. The van der Waals surface area contributed by atoms with E-state index in [1.807, 2.05) is 22.3 Å². The van der Waals surface area contributed by atoms with E-state index in [4.69, 9.17) is 0 Å². The molecule has 0 aromatic rings. The lowest BCUT2D eigenvalue weighted by atomic mass is 9.64. The molecule has 4 unspecified atom stereocenters. The second kappa shape index (κ2) is 6.31. The van der Waals surface area contributed by atoms with Gasteiger partial charge in [-0.15, -0.1) is 0 Å². The van der Waals surface area contributed by atoms with Crippen molar-refractivity contribution in [2.45, 2.75) is 91.0 Å². The first kappa shape index (κ1) is 16.9. The third kappa shape index (κ3) is 2.91. The summed E-state index contributed by atoms with van der Waals surface area (Å²) >= 11 is 0. The van der Waals surface area contributed by atoms with Crippen LogP contribution in [0.4, 0.5) is 0 Å². The van der Waals surface area contributed by atoms with Gasteiger partial charge in [0.2, 0.25) is 0 Å². The highest BCUT2D eigenvalue weighted by Gasteiger charge is 2.48. The van der Waals surface area contributed by atoms with Crippen LogP contribution in [0, 0.1) is 23.7 Å². The molecule has 4 aliphatic carbocycles. The van der Waals surface area contributed by atoms with E-state index in [1.54, 1.807) is 0 Å². The van der Waals surface area contributed by atoms with Crippen molar-refractivity contribution in [1.82, 2.24) is 5.32 Å². The summed E-state index contributed by atoms with van der Waals surface area (Å²) in [7, 11) is 0. The van der Waals surface area contributed by atoms with Crippen molar-refractivity contribution >= 4 is 0 Å². The predicted molar refractivity (Wildman–Crippen MR) is 103 cm³/mol. The molecule has 0 heterocycles. The summed E-state index contributed by atoms with van der Waals surface area (Å²) < 4.78 is 0. The molecular weight excluding hydrogens is 290 g/mol. The van der Waals surface area contributed by atoms with Crippen LogP contribution in [-0.4, -0.2) is 12.1 Å². The fourth-order valence-electron chi connectivity index (χ4n) is 6.31. The zero-order chi connectivity index (χ0) is 16.9. The van der Waals surface area contributed by atoms with Crippen LogP contribution in [0.15, 0.2) is 22.3 Å². The van der Waals surface area contributed by atoms with E-state index in [1.165, 1.54) is 64.3 Å². The highest BCUT2D eigenvalue weighted by Crippen LogP contribution is 2.58. The highest BCUT2D eigenvalue weighted by molar-refractivity contribution is 5.48. The van der Waals surface area contributed by atoms with Crippen LogP contribution in [-0.2, 0) is 0 Å². The Bertz CT molecular complexity index is 559. The lowest BCUT2D eigenvalue weighted by molar-refractivity contribution is 0.277. The van der Waals surface area contributed by atoms with Crippen LogP contribution >= 0.6 is 0 Å². The fraction of sp³-hybridized carbons (Fsp3) is 0.826. The number of hydrogen-bond donors (Lipinski definition) is 1. The Balaban J connectivity index is 1.68. The van der Waals surface area contributed by atoms with Gasteiger partial charge in [0.25, 0.3) is 0 Å². The zero-order valence-electron chi connectivity index (χ0n) is 16.4. The van der Waals surface area contributed by atoms with Gasteiger partial charge in [0.15, 0.2) is 0 Å². The molecule has 0 aromatic carbocycles. The first-order valence-electron chi connectivity index (χ1n) is 10.6. The van der Waals surface area contributed by atoms with Gasteiger partial charge in [-0.1, -0.05) is 18.1 Å². The molecule has 0 saturated heterocycles. The van der Waals surface area contributed by atoms with E-state index in [-0.39, 0.29) is 5.54 Å². The number of rotatable bonds is 2. The second-order valence-electron chi connectivity index (χ2n) is 10.1. The Kier molecular flexibility index (Phi) is 4.44. The van der Waals surface area contributed by atoms with Gasteiger partial charge in [0.05, 0.1) is 0 Å².